The number of fused-ring (bicyclic) bond motifs is 1. The normalized spacial score (nSPS) is 11.7. The average molecular weight is 371 g/mol. The number of aryl methyl sites for hydroxylation is 1. The number of nitro groups is 1. The summed E-state index contributed by atoms with van der Waals surface area (Å²) in [6.45, 7) is 4.99. The molecule has 26 heavy (non-hydrogen) atoms. The van der Waals surface area contributed by atoms with E-state index in [9.17, 15) is 14.9 Å². The van der Waals surface area contributed by atoms with Gasteiger partial charge in [0.15, 0.2) is 4.80 Å². The highest BCUT2D eigenvalue weighted by Gasteiger charge is 2.12. The van der Waals surface area contributed by atoms with Crippen molar-refractivity contribution in [1.82, 2.24) is 4.57 Å². The van der Waals surface area contributed by atoms with E-state index in [1.807, 2.05) is 18.4 Å². The van der Waals surface area contributed by atoms with Gasteiger partial charge in [-0.25, -0.2) is 0 Å². The molecule has 0 spiro atoms. The van der Waals surface area contributed by atoms with Gasteiger partial charge in [0, 0.05) is 24.2 Å². The summed E-state index contributed by atoms with van der Waals surface area (Å²) >= 11 is 1.26. The summed E-state index contributed by atoms with van der Waals surface area (Å²) in [6, 6.07) is 11.5. The molecule has 0 atom stereocenters. The highest BCUT2D eigenvalue weighted by Crippen LogP contribution is 2.23. The second-order valence-corrected chi connectivity index (χ2v) is 6.42. The summed E-state index contributed by atoms with van der Waals surface area (Å²) in [5.74, 6) is 0.332. The maximum Gasteiger partial charge on any atom is 0.279 e. The van der Waals surface area contributed by atoms with Crippen molar-refractivity contribution in [3.8, 4) is 5.75 Å². The van der Waals surface area contributed by atoms with Gasteiger partial charge in [0.05, 0.1) is 21.7 Å². The van der Waals surface area contributed by atoms with Crippen LogP contribution in [-0.4, -0.2) is 22.0 Å². The third kappa shape index (κ3) is 3.50. The summed E-state index contributed by atoms with van der Waals surface area (Å²) in [5, 5.41) is 11.0. The molecule has 3 rings (SSSR count). The zero-order valence-electron chi connectivity index (χ0n) is 14.3. The zero-order valence-corrected chi connectivity index (χ0v) is 15.2. The average Bonchev–Trinajstić information content (AvgIpc) is 2.98. The molecule has 0 aliphatic rings. The van der Waals surface area contributed by atoms with E-state index in [4.69, 9.17) is 4.74 Å². The van der Waals surface area contributed by atoms with Crippen LogP contribution in [0.5, 0.6) is 5.75 Å². The summed E-state index contributed by atoms with van der Waals surface area (Å²) in [7, 11) is 0. The molecule has 0 saturated carbocycles. The van der Waals surface area contributed by atoms with Crippen molar-refractivity contribution < 1.29 is 14.5 Å². The summed E-state index contributed by atoms with van der Waals surface area (Å²) < 4.78 is 7.96. The first kappa shape index (κ1) is 17.8. The third-order valence-electron chi connectivity index (χ3n) is 3.80. The van der Waals surface area contributed by atoms with Crippen molar-refractivity contribution in [2.75, 3.05) is 6.61 Å². The fourth-order valence-electron chi connectivity index (χ4n) is 2.58. The number of hydrogen-bond donors (Lipinski definition) is 0. The molecule has 0 radical (unpaired) electrons. The van der Waals surface area contributed by atoms with E-state index in [0.29, 0.717) is 29.3 Å². The second-order valence-electron chi connectivity index (χ2n) is 5.41. The van der Waals surface area contributed by atoms with Crippen LogP contribution in [0.4, 0.5) is 5.69 Å². The lowest BCUT2D eigenvalue weighted by atomic mass is 10.2. The highest BCUT2D eigenvalue weighted by molar-refractivity contribution is 7.16. The summed E-state index contributed by atoms with van der Waals surface area (Å²) in [5.41, 5.74) is 1.30. The molecular formula is C18H17N3O4S. The van der Waals surface area contributed by atoms with Gasteiger partial charge in [-0.3, -0.25) is 14.9 Å². The standard InChI is InChI=1S/C18H17N3O4S/c1-3-20-15-10-7-13(21(23)24)11-16(15)26-18(20)19-17(22)12-5-8-14(9-6-12)25-4-2/h5-11H,3-4H2,1-2H3. The van der Waals surface area contributed by atoms with Crippen LogP contribution in [0.15, 0.2) is 47.5 Å². The van der Waals surface area contributed by atoms with E-state index in [1.54, 1.807) is 30.3 Å². The van der Waals surface area contributed by atoms with Crippen molar-refractivity contribution in [2.45, 2.75) is 20.4 Å². The number of nitro benzene ring substituents is 1. The Morgan fingerprint density at radius 1 is 1.23 bits per heavy atom. The quantitative estimate of drug-likeness (QED) is 0.504. The Hall–Kier alpha value is -3.00. The van der Waals surface area contributed by atoms with Crippen molar-refractivity contribution in [3.63, 3.8) is 0 Å². The van der Waals surface area contributed by atoms with Gasteiger partial charge in [0.2, 0.25) is 0 Å². The molecule has 1 amide bonds. The minimum Gasteiger partial charge on any atom is -0.494 e. The van der Waals surface area contributed by atoms with E-state index in [-0.39, 0.29) is 11.6 Å². The molecule has 1 aromatic heterocycles. The van der Waals surface area contributed by atoms with Crippen LogP contribution < -0.4 is 9.54 Å². The van der Waals surface area contributed by atoms with Crippen LogP contribution in [0.2, 0.25) is 0 Å². The van der Waals surface area contributed by atoms with Crippen LogP contribution in [0.3, 0.4) is 0 Å². The molecular weight excluding hydrogens is 354 g/mol. The number of thiazole rings is 1. The van der Waals surface area contributed by atoms with Crippen LogP contribution >= 0.6 is 11.3 Å². The number of ether oxygens (including phenoxy) is 1. The minimum absolute atomic E-state index is 0.0198. The minimum atomic E-state index is -0.433. The SMILES string of the molecule is CCOc1ccc(C(=O)N=c2sc3cc([N+](=O)[O-])ccc3n2CC)cc1. The number of benzene rings is 2. The first-order valence-corrected chi connectivity index (χ1v) is 8.94. The lowest BCUT2D eigenvalue weighted by molar-refractivity contribution is -0.384. The maximum atomic E-state index is 12.5. The largest absolute Gasteiger partial charge is 0.494 e. The molecule has 0 aliphatic carbocycles. The molecule has 1 heterocycles. The topological polar surface area (TPSA) is 86.7 Å². The van der Waals surface area contributed by atoms with Gasteiger partial charge >= 0.3 is 0 Å². The van der Waals surface area contributed by atoms with Crippen molar-refractivity contribution in [2.24, 2.45) is 4.99 Å². The smallest absolute Gasteiger partial charge is 0.279 e. The molecule has 0 N–H and O–H groups in total. The van der Waals surface area contributed by atoms with Crippen LogP contribution in [0, 0.1) is 10.1 Å². The predicted octanol–water partition coefficient (Wildman–Crippen LogP) is 3.77. The Bertz CT molecular complexity index is 1030. The maximum absolute atomic E-state index is 12.5. The molecule has 2 aromatic carbocycles. The Labute approximate surface area is 153 Å². The number of aromatic nitrogens is 1. The van der Waals surface area contributed by atoms with Crippen molar-refractivity contribution in [1.29, 1.82) is 0 Å². The zero-order chi connectivity index (χ0) is 18.7. The van der Waals surface area contributed by atoms with E-state index < -0.39 is 4.92 Å². The molecule has 0 bridgehead atoms. The third-order valence-corrected chi connectivity index (χ3v) is 4.84. The van der Waals surface area contributed by atoms with Gasteiger partial charge in [0.1, 0.15) is 5.75 Å². The van der Waals surface area contributed by atoms with E-state index in [2.05, 4.69) is 4.99 Å². The van der Waals surface area contributed by atoms with Crippen LogP contribution in [0.1, 0.15) is 24.2 Å². The van der Waals surface area contributed by atoms with Crippen molar-refractivity contribution >= 4 is 33.1 Å². The van der Waals surface area contributed by atoms with Gasteiger partial charge in [-0.15, -0.1) is 0 Å². The Morgan fingerprint density at radius 3 is 2.58 bits per heavy atom. The molecule has 0 fully saturated rings. The lowest BCUT2D eigenvalue weighted by Crippen LogP contribution is -2.15. The summed E-state index contributed by atoms with van der Waals surface area (Å²) in [4.78, 5) is 27.7. The van der Waals surface area contributed by atoms with Crippen LogP contribution in [-0.2, 0) is 6.54 Å². The number of carbonyl (C=O) groups excluding carboxylic acids is 1. The number of non-ortho nitro benzene ring substituents is 1. The molecule has 3 aromatic rings. The summed E-state index contributed by atoms with van der Waals surface area (Å²) in [6.07, 6.45) is 0. The monoisotopic (exact) mass is 371 g/mol. The van der Waals surface area contributed by atoms with Crippen molar-refractivity contribution in [3.05, 3.63) is 62.9 Å². The van der Waals surface area contributed by atoms with Crippen LogP contribution in [0.25, 0.3) is 10.2 Å². The number of rotatable bonds is 5. The predicted molar refractivity (Wildman–Crippen MR) is 99.6 cm³/mol. The molecule has 0 saturated heterocycles. The molecule has 134 valence electrons. The van der Waals surface area contributed by atoms with Gasteiger partial charge < -0.3 is 9.30 Å². The van der Waals surface area contributed by atoms with E-state index in [0.717, 1.165) is 10.2 Å². The molecule has 8 heteroatoms. The van der Waals surface area contributed by atoms with Gasteiger partial charge in [-0.05, 0) is 44.2 Å². The Morgan fingerprint density at radius 2 is 1.96 bits per heavy atom. The van der Waals surface area contributed by atoms with Gasteiger partial charge in [0.25, 0.3) is 11.6 Å². The first-order valence-electron chi connectivity index (χ1n) is 8.13. The fraction of sp³-hybridized carbons (Fsp3) is 0.222. The Kier molecular flexibility index (Phi) is 5.13. The molecule has 7 nitrogen and oxygen atoms in total. The number of carbonyl (C=O) groups is 1. The van der Waals surface area contributed by atoms with E-state index >= 15 is 0 Å². The van der Waals surface area contributed by atoms with Gasteiger partial charge in [-0.1, -0.05) is 11.3 Å². The van der Waals surface area contributed by atoms with E-state index in [1.165, 1.54) is 23.5 Å². The highest BCUT2D eigenvalue weighted by atomic mass is 32.1. The number of amides is 1. The second kappa shape index (κ2) is 7.49. The first-order chi connectivity index (χ1) is 12.5. The fourth-order valence-corrected chi connectivity index (χ4v) is 3.70. The molecule has 0 unspecified atom stereocenters. The Balaban J connectivity index is 2.02. The van der Waals surface area contributed by atoms with Gasteiger partial charge in [-0.2, -0.15) is 4.99 Å². The lowest BCUT2D eigenvalue weighted by Gasteiger charge is -2.03. The molecule has 0 aliphatic heterocycles. The number of nitrogens with zero attached hydrogens (tertiary/aromatic N) is 3. The number of hydrogen-bond acceptors (Lipinski definition) is 5.